The zero-order chi connectivity index (χ0) is 18.2. The summed E-state index contributed by atoms with van der Waals surface area (Å²) >= 11 is 0. The molecule has 3 heterocycles. The van der Waals surface area contributed by atoms with Crippen LogP contribution in [0.25, 0.3) is 0 Å². The van der Waals surface area contributed by atoms with Crippen LogP contribution in [-0.2, 0) is 25.9 Å². The van der Waals surface area contributed by atoms with Gasteiger partial charge in [-0.15, -0.1) is 4.28 Å². The Kier molecular flexibility index (Phi) is 4.45. The van der Waals surface area contributed by atoms with Gasteiger partial charge >= 0.3 is 16.4 Å². The van der Waals surface area contributed by atoms with Crippen molar-refractivity contribution in [1.29, 1.82) is 5.41 Å². The summed E-state index contributed by atoms with van der Waals surface area (Å²) < 4.78 is 34.8. The van der Waals surface area contributed by atoms with E-state index in [1.54, 1.807) is 6.20 Å². The zero-order valence-corrected chi connectivity index (χ0v) is 13.7. The summed E-state index contributed by atoms with van der Waals surface area (Å²) in [5.41, 5.74) is 0. The molecule has 136 valence electrons. The summed E-state index contributed by atoms with van der Waals surface area (Å²) in [5, 5.41) is 11.1. The molecule has 13 heteroatoms. The molecule has 1 aromatic rings. The second-order valence-electron chi connectivity index (χ2n) is 5.68. The average Bonchev–Trinajstić information content (AvgIpc) is 3.09. The Balaban J connectivity index is 1.63. The number of imidazole rings is 1. The number of carbonyl (C=O) groups is 2. The third-order valence-corrected chi connectivity index (χ3v) is 4.34. The summed E-state index contributed by atoms with van der Waals surface area (Å²) in [6, 6.07) is -2.04. The number of nitrogens with zero attached hydrogens (tertiary/aromatic N) is 3. The fourth-order valence-corrected chi connectivity index (χ4v) is 3.34. The van der Waals surface area contributed by atoms with E-state index in [9.17, 15) is 18.0 Å². The highest BCUT2D eigenvalue weighted by Gasteiger charge is 2.48. The molecular formula is C12H16N6O6S. The number of fused-ring (bicyclic) bond motifs is 2. The van der Waals surface area contributed by atoms with Gasteiger partial charge in [0, 0.05) is 18.9 Å². The largest absolute Gasteiger partial charge is 0.418 e. The standard InChI is InChI=1S/C12H16N6O6S/c13-11(16-10(19)5-9-14-3-4-15-9)8-2-1-7-6-17(8)12(20)18(7)24-25(21,22)23/h3-4,7-8H,1-2,5-6H2,(H,14,15)(H2,13,16,19)(H,21,22,23). The first-order chi connectivity index (χ1) is 11.7. The van der Waals surface area contributed by atoms with Crippen molar-refractivity contribution in [3.63, 3.8) is 0 Å². The van der Waals surface area contributed by atoms with Crippen LogP contribution in [-0.4, -0.2) is 69.3 Å². The lowest BCUT2D eigenvalue weighted by Crippen LogP contribution is -2.51. The van der Waals surface area contributed by atoms with Gasteiger partial charge in [0.15, 0.2) is 0 Å². The first-order valence-electron chi connectivity index (χ1n) is 7.38. The molecule has 0 saturated carbocycles. The fourth-order valence-electron chi connectivity index (χ4n) is 2.96. The second-order valence-corrected chi connectivity index (χ2v) is 6.69. The molecule has 0 spiro atoms. The molecule has 2 aliphatic heterocycles. The molecule has 2 unspecified atom stereocenters. The Morgan fingerprint density at radius 2 is 2.28 bits per heavy atom. The van der Waals surface area contributed by atoms with Gasteiger partial charge in [0.1, 0.15) is 11.7 Å². The predicted octanol–water partition coefficient (Wildman–Crippen LogP) is -0.951. The number of amides is 3. The van der Waals surface area contributed by atoms with E-state index < -0.39 is 34.4 Å². The Bertz CT molecular complexity index is 793. The van der Waals surface area contributed by atoms with E-state index in [0.717, 1.165) is 0 Å². The van der Waals surface area contributed by atoms with Gasteiger partial charge in [-0.3, -0.25) is 14.8 Å². The lowest BCUT2D eigenvalue weighted by atomic mass is 10.00. The van der Waals surface area contributed by atoms with Crippen LogP contribution in [0.3, 0.4) is 0 Å². The minimum Gasteiger partial charge on any atom is -0.348 e. The monoisotopic (exact) mass is 372 g/mol. The smallest absolute Gasteiger partial charge is 0.348 e. The van der Waals surface area contributed by atoms with Crippen molar-refractivity contribution < 1.29 is 26.8 Å². The molecular weight excluding hydrogens is 356 g/mol. The Labute approximate surface area is 142 Å². The first kappa shape index (κ1) is 17.3. The summed E-state index contributed by atoms with van der Waals surface area (Å²) in [6.45, 7) is 0.134. The summed E-state index contributed by atoms with van der Waals surface area (Å²) in [5.74, 6) is -0.184. The van der Waals surface area contributed by atoms with Crippen LogP contribution in [0.2, 0.25) is 0 Å². The van der Waals surface area contributed by atoms with Gasteiger partial charge in [-0.05, 0) is 12.8 Å². The Morgan fingerprint density at radius 3 is 2.92 bits per heavy atom. The summed E-state index contributed by atoms with van der Waals surface area (Å²) in [4.78, 5) is 32.1. The molecule has 1 aromatic heterocycles. The van der Waals surface area contributed by atoms with E-state index in [-0.39, 0.29) is 18.8 Å². The molecule has 12 nitrogen and oxygen atoms in total. The molecule has 2 saturated heterocycles. The summed E-state index contributed by atoms with van der Waals surface area (Å²) in [6.07, 6.45) is 3.74. The number of urea groups is 1. The van der Waals surface area contributed by atoms with E-state index in [1.165, 1.54) is 11.1 Å². The molecule has 4 N–H and O–H groups in total. The molecule has 0 aromatic carbocycles. The highest BCUT2D eigenvalue weighted by Crippen LogP contribution is 2.30. The van der Waals surface area contributed by atoms with E-state index in [0.29, 0.717) is 23.7 Å². The van der Waals surface area contributed by atoms with Gasteiger partial charge in [-0.25, -0.2) is 9.78 Å². The highest BCUT2D eigenvalue weighted by molar-refractivity contribution is 7.80. The molecule has 3 amide bonds. The number of amidine groups is 1. The molecule has 3 rings (SSSR count). The summed E-state index contributed by atoms with van der Waals surface area (Å²) in [7, 11) is -4.82. The van der Waals surface area contributed by atoms with Crippen LogP contribution in [0.15, 0.2) is 12.4 Å². The molecule has 0 aliphatic carbocycles. The SMILES string of the molecule is N=C(NC(=O)Cc1ncc[nH]1)C1CCC2CN1C(=O)N2OS(=O)(=O)O. The van der Waals surface area contributed by atoms with Crippen LogP contribution in [0.4, 0.5) is 4.79 Å². The number of piperidine rings is 1. The molecule has 2 atom stereocenters. The molecule has 2 aliphatic rings. The van der Waals surface area contributed by atoms with Crippen LogP contribution in [0.5, 0.6) is 0 Å². The van der Waals surface area contributed by atoms with Crippen LogP contribution in [0, 0.1) is 5.41 Å². The van der Waals surface area contributed by atoms with Crippen LogP contribution >= 0.6 is 0 Å². The fraction of sp³-hybridized carbons (Fsp3) is 0.500. The molecule has 0 radical (unpaired) electrons. The Morgan fingerprint density at radius 1 is 1.52 bits per heavy atom. The van der Waals surface area contributed by atoms with Crippen molar-refractivity contribution in [1.82, 2.24) is 25.2 Å². The number of H-pyrrole nitrogens is 1. The van der Waals surface area contributed by atoms with Crippen molar-refractivity contribution in [3.8, 4) is 0 Å². The van der Waals surface area contributed by atoms with Gasteiger partial charge in [0.25, 0.3) is 0 Å². The number of hydrogen-bond acceptors (Lipinski definition) is 7. The minimum absolute atomic E-state index is 0.0450. The van der Waals surface area contributed by atoms with E-state index in [2.05, 4.69) is 19.6 Å². The van der Waals surface area contributed by atoms with Gasteiger partial charge in [0.2, 0.25) is 5.91 Å². The van der Waals surface area contributed by atoms with E-state index in [1.807, 2.05) is 0 Å². The van der Waals surface area contributed by atoms with Gasteiger partial charge in [-0.1, -0.05) is 0 Å². The zero-order valence-electron chi connectivity index (χ0n) is 12.9. The maximum absolute atomic E-state index is 12.2. The van der Waals surface area contributed by atoms with Crippen molar-refractivity contribution in [2.24, 2.45) is 0 Å². The number of aromatic nitrogens is 2. The van der Waals surface area contributed by atoms with Gasteiger partial charge in [0.05, 0.1) is 18.5 Å². The van der Waals surface area contributed by atoms with Crippen molar-refractivity contribution >= 4 is 28.2 Å². The molecule has 2 bridgehead atoms. The minimum atomic E-state index is -4.82. The van der Waals surface area contributed by atoms with Crippen LogP contribution < -0.4 is 5.32 Å². The van der Waals surface area contributed by atoms with Crippen molar-refractivity contribution in [2.45, 2.75) is 31.3 Å². The third kappa shape index (κ3) is 3.78. The number of carbonyl (C=O) groups excluding carboxylic acids is 2. The highest BCUT2D eigenvalue weighted by atomic mass is 32.3. The lowest BCUT2D eigenvalue weighted by molar-refractivity contribution is -0.119. The predicted molar refractivity (Wildman–Crippen MR) is 81.5 cm³/mol. The average molecular weight is 372 g/mol. The number of aromatic amines is 1. The first-order valence-corrected chi connectivity index (χ1v) is 8.74. The van der Waals surface area contributed by atoms with Crippen molar-refractivity contribution in [3.05, 3.63) is 18.2 Å². The van der Waals surface area contributed by atoms with E-state index >= 15 is 0 Å². The molecule has 2 fully saturated rings. The number of hydrogen-bond donors (Lipinski definition) is 4. The van der Waals surface area contributed by atoms with Gasteiger partial charge in [-0.2, -0.15) is 13.5 Å². The number of nitrogens with one attached hydrogen (secondary N) is 3. The number of hydroxylamine groups is 2. The topological polar surface area (TPSA) is 169 Å². The second kappa shape index (κ2) is 6.42. The van der Waals surface area contributed by atoms with Gasteiger partial charge < -0.3 is 15.2 Å². The normalized spacial score (nSPS) is 23.0. The number of rotatable bonds is 5. The quantitative estimate of drug-likeness (QED) is 0.293. The van der Waals surface area contributed by atoms with E-state index in [4.69, 9.17) is 9.96 Å². The third-order valence-electron chi connectivity index (χ3n) is 3.99. The maximum atomic E-state index is 12.2. The molecule has 25 heavy (non-hydrogen) atoms. The van der Waals surface area contributed by atoms with Crippen LogP contribution in [0.1, 0.15) is 18.7 Å². The maximum Gasteiger partial charge on any atom is 0.418 e. The lowest BCUT2D eigenvalue weighted by Gasteiger charge is -2.30. The Hall–Kier alpha value is -2.51. The van der Waals surface area contributed by atoms with Crippen molar-refractivity contribution in [2.75, 3.05) is 6.54 Å².